The molecule has 0 fully saturated rings. The van der Waals surface area contributed by atoms with Gasteiger partial charge in [0, 0.05) is 5.75 Å². The molecule has 0 aliphatic rings. The molecule has 0 saturated heterocycles. The zero-order valence-electron chi connectivity index (χ0n) is 15.2. The maximum Gasteiger partial charge on any atom is 0.325 e. The van der Waals surface area contributed by atoms with Crippen LogP contribution in [-0.4, -0.2) is 69.9 Å². The fourth-order valence-corrected chi connectivity index (χ4v) is 2.05. The van der Waals surface area contributed by atoms with Crippen LogP contribution in [-0.2, 0) is 19.2 Å². The van der Waals surface area contributed by atoms with Crippen LogP contribution in [0.15, 0.2) is 0 Å². The van der Waals surface area contributed by atoms with E-state index >= 15 is 0 Å². The Hall–Kier alpha value is -1.85. The quantitative estimate of drug-likeness (QED) is 0.207. The predicted octanol–water partition coefficient (Wildman–Crippen LogP) is -2.16. The molecule has 5 unspecified atom stereocenters. The summed E-state index contributed by atoms with van der Waals surface area (Å²) in [5.74, 6) is -3.65. The number of carboxylic acids is 1. The summed E-state index contributed by atoms with van der Waals surface area (Å²) in [6, 6.07) is -4.51. The average Bonchev–Trinajstić information content (AvgIpc) is 2.55. The maximum atomic E-state index is 12.3. The van der Waals surface area contributed by atoms with Gasteiger partial charge >= 0.3 is 5.97 Å². The molecule has 0 spiro atoms. The minimum atomic E-state index is -1.40. The van der Waals surface area contributed by atoms with Crippen molar-refractivity contribution in [3.8, 4) is 0 Å². The number of aliphatic carboxylic acids is 1. The number of aliphatic hydroxyl groups excluding tert-OH is 1. The fraction of sp³-hybridized carbons (Fsp3) is 0.733. The Labute approximate surface area is 157 Å². The number of hydrogen-bond acceptors (Lipinski definition) is 7. The van der Waals surface area contributed by atoms with Crippen LogP contribution in [0.4, 0.5) is 0 Å². The third-order valence-electron chi connectivity index (χ3n) is 3.63. The molecule has 0 radical (unpaired) electrons. The number of nitrogens with two attached hydrogens (primary N) is 1. The first kappa shape index (κ1) is 24.1. The Morgan fingerprint density at radius 1 is 0.962 bits per heavy atom. The number of carbonyl (C=O) groups excluding carboxylic acids is 3. The van der Waals surface area contributed by atoms with E-state index in [0.29, 0.717) is 0 Å². The maximum absolute atomic E-state index is 12.3. The van der Waals surface area contributed by atoms with E-state index in [1.54, 1.807) is 13.8 Å². The third-order valence-corrected chi connectivity index (χ3v) is 3.99. The highest BCUT2D eigenvalue weighted by Gasteiger charge is 2.31. The molecule has 0 bridgehead atoms. The van der Waals surface area contributed by atoms with Gasteiger partial charge in [0.2, 0.25) is 17.7 Å². The molecule has 150 valence electrons. The van der Waals surface area contributed by atoms with Gasteiger partial charge in [-0.25, -0.2) is 0 Å². The summed E-state index contributed by atoms with van der Waals surface area (Å²) in [7, 11) is 0. The van der Waals surface area contributed by atoms with Crippen LogP contribution in [0.5, 0.6) is 0 Å². The average molecular weight is 392 g/mol. The molecular formula is C15H28N4O6S. The lowest BCUT2D eigenvalue weighted by Crippen LogP contribution is -2.60. The first-order valence-corrected chi connectivity index (χ1v) is 8.74. The van der Waals surface area contributed by atoms with Gasteiger partial charge in [-0.2, -0.15) is 12.6 Å². The third kappa shape index (κ3) is 7.58. The topological polar surface area (TPSA) is 171 Å². The molecule has 0 heterocycles. The minimum Gasteiger partial charge on any atom is -0.480 e. The molecule has 10 nitrogen and oxygen atoms in total. The van der Waals surface area contributed by atoms with E-state index in [9.17, 15) is 24.3 Å². The second-order valence-electron chi connectivity index (χ2n) is 6.31. The Morgan fingerprint density at radius 3 is 1.88 bits per heavy atom. The zero-order valence-corrected chi connectivity index (χ0v) is 16.1. The van der Waals surface area contributed by atoms with Crippen LogP contribution in [0.25, 0.3) is 0 Å². The van der Waals surface area contributed by atoms with Crippen LogP contribution in [0.3, 0.4) is 0 Å². The highest BCUT2D eigenvalue weighted by Crippen LogP contribution is 2.01. The van der Waals surface area contributed by atoms with E-state index < -0.39 is 54.0 Å². The first-order chi connectivity index (χ1) is 11.9. The van der Waals surface area contributed by atoms with Crippen molar-refractivity contribution in [2.75, 3.05) is 5.75 Å². The minimum absolute atomic E-state index is 0.0674. The van der Waals surface area contributed by atoms with Crippen LogP contribution in [0, 0.1) is 5.92 Å². The van der Waals surface area contributed by atoms with Crippen LogP contribution in [0.1, 0.15) is 27.7 Å². The normalized spacial score (nSPS) is 16.8. The molecule has 7 N–H and O–H groups in total. The smallest absolute Gasteiger partial charge is 0.325 e. The molecule has 5 atom stereocenters. The molecule has 0 aliphatic carbocycles. The second kappa shape index (κ2) is 11.0. The fourth-order valence-electron chi connectivity index (χ4n) is 1.79. The molecule has 0 saturated carbocycles. The number of hydrogen-bond donors (Lipinski definition) is 7. The second-order valence-corrected chi connectivity index (χ2v) is 6.67. The number of rotatable bonds is 10. The standard InChI is InChI=1S/C15H28N4O6S/c1-6(2)10(16)13(22)18-9(5-26)12(21)19-11(8(4)20)14(23)17-7(3)15(24)25/h6-11,20,26H,5,16H2,1-4H3,(H,17,23)(H,18,22)(H,19,21)(H,24,25). The van der Waals surface area contributed by atoms with E-state index in [0.717, 1.165) is 0 Å². The summed E-state index contributed by atoms with van der Waals surface area (Å²) < 4.78 is 0. The largest absolute Gasteiger partial charge is 0.480 e. The zero-order chi connectivity index (χ0) is 20.6. The molecule has 0 aliphatic heterocycles. The van der Waals surface area contributed by atoms with Gasteiger partial charge in [0.25, 0.3) is 0 Å². The summed E-state index contributed by atoms with van der Waals surface area (Å²) in [5, 5.41) is 25.4. The van der Waals surface area contributed by atoms with E-state index in [1.165, 1.54) is 13.8 Å². The van der Waals surface area contributed by atoms with Crippen molar-refractivity contribution < 1.29 is 29.4 Å². The molecule has 26 heavy (non-hydrogen) atoms. The lowest BCUT2D eigenvalue weighted by molar-refractivity contribution is -0.142. The van der Waals surface area contributed by atoms with Gasteiger partial charge in [0.1, 0.15) is 18.1 Å². The number of nitrogens with one attached hydrogen (secondary N) is 3. The Kier molecular flexibility index (Phi) is 10.2. The van der Waals surface area contributed by atoms with Gasteiger partial charge in [0.15, 0.2) is 0 Å². The van der Waals surface area contributed by atoms with Crippen molar-refractivity contribution >= 4 is 36.3 Å². The molecule has 0 aromatic carbocycles. The van der Waals surface area contributed by atoms with Gasteiger partial charge < -0.3 is 31.9 Å². The molecule has 11 heteroatoms. The van der Waals surface area contributed by atoms with Crippen molar-refractivity contribution in [2.24, 2.45) is 11.7 Å². The highest BCUT2D eigenvalue weighted by molar-refractivity contribution is 7.80. The van der Waals surface area contributed by atoms with Gasteiger partial charge in [-0.15, -0.1) is 0 Å². The molecule has 0 rings (SSSR count). The lowest BCUT2D eigenvalue weighted by Gasteiger charge is -2.25. The van der Waals surface area contributed by atoms with E-state index in [2.05, 4.69) is 28.6 Å². The Balaban J connectivity index is 5.03. The molecule has 3 amide bonds. The van der Waals surface area contributed by atoms with Crippen molar-refractivity contribution in [1.82, 2.24) is 16.0 Å². The molecule has 0 aromatic rings. The van der Waals surface area contributed by atoms with Crippen molar-refractivity contribution in [3.63, 3.8) is 0 Å². The predicted molar refractivity (Wildman–Crippen MR) is 97.4 cm³/mol. The van der Waals surface area contributed by atoms with E-state index in [-0.39, 0.29) is 11.7 Å². The van der Waals surface area contributed by atoms with Crippen molar-refractivity contribution in [3.05, 3.63) is 0 Å². The monoisotopic (exact) mass is 392 g/mol. The van der Waals surface area contributed by atoms with Gasteiger partial charge in [-0.1, -0.05) is 13.8 Å². The van der Waals surface area contributed by atoms with Crippen molar-refractivity contribution in [2.45, 2.75) is 58.0 Å². The Morgan fingerprint density at radius 2 is 1.50 bits per heavy atom. The number of thiol groups is 1. The van der Waals surface area contributed by atoms with Crippen LogP contribution in [0.2, 0.25) is 0 Å². The molecular weight excluding hydrogens is 364 g/mol. The van der Waals surface area contributed by atoms with Crippen LogP contribution >= 0.6 is 12.6 Å². The highest BCUT2D eigenvalue weighted by atomic mass is 32.1. The number of carboxylic acid groups (broad SMARTS) is 1. The van der Waals surface area contributed by atoms with Gasteiger partial charge in [0.05, 0.1) is 12.1 Å². The summed E-state index contributed by atoms with van der Waals surface area (Å²) in [5.41, 5.74) is 5.72. The summed E-state index contributed by atoms with van der Waals surface area (Å²) in [4.78, 5) is 47.2. The summed E-state index contributed by atoms with van der Waals surface area (Å²) in [6.45, 7) is 6.00. The summed E-state index contributed by atoms with van der Waals surface area (Å²) >= 11 is 4.00. The van der Waals surface area contributed by atoms with E-state index in [4.69, 9.17) is 10.8 Å². The number of aliphatic hydroxyl groups is 1. The number of carbonyl (C=O) groups is 4. The first-order valence-electron chi connectivity index (χ1n) is 8.10. The molecule has 0 aromatic heterocycles. The lowest BCUT2D eigenvalue weighted by atomic mass is 10.0. The Bertz CT molecular complexity index is 528. The van der Waals surface area contributed by atoms with Gasteiger partial charge in [-0.05, 0) is 19.8 Å². The van der Waals surface area contributed by atoms with Gasteiger partial charge in [-0.3, -0.25) is 19.2 Å². The van der Waals surface area contributed by atoms with Crippen LogP contribution < -0.4 is 21.7 Å². The van der Waals surface area contributed by atoms with E-state index in [1.807, 2.05) is 0 Å². The van der Waals surface area contributed by atoms with Crippen molar-refractivity contribution in [1.29, 1.82) is 0 Å². The number of amides is 3. The SMILES string of the molecule is CC(NC(=O)C(NC(=O)C(CS)NC(=O)C(N)C(C)C)C(C)O)C(=O)O. The summed E-state index contributed by atoms with van der Waals surface area (Å²) in [6.07, 6.45) is -1.30.